The summed E-state index contributed by atoms with van der Waals surface area (Å²) in [7, 11) is 0. The molecule has 0 aliphatic carbocycles. The largest absolute Gasteiger partial charge is 0.348 e. The second kappa shape index (κ2) is 7.05. The van der Waals surface area contributed by atoms with Crippen LogP contribution in [-0.4, -0.2) is 36.2 Å². The Labute approximate surface area is 163 Å². The molecule has 140 valence electrons. The van der Waals surface area contributed by atoms with Crippen molar-refractivity contribution in [2.24, 2.45) is 0 Å². The average molecular weight is 370 g/mol. The smallest absolute Gasteiger partial charge is 0.0926 e. The zero-order valence-corrected chi connectivity index (χ0v) is 15.8. The van der Waals surface area contributed by atoms with Crippen LogP contribution in [0.3, 0.4) is 0 Å². The van der Waals surface area contributed by atoms with Gasteiger partial charge >= 0.3 is 0 Å². The summed E-state index contributed by atoms with van der Waals surface area (Å²) >= 11 is 0. The van der Waals surface area contributed by atoms with E-state index in [-0.39, 0.29) is 6.04 Å². The third kappa shape index (κ3) is 3.01. The van der Waals surface area contributed by atoms with Crippen LogP contribution >= 0.6 is 0 Å². The minimum Gasteiger partial charge on any atom is -0.348 e. The first-order valence-electron chi connectivity index (χ1n) is 9.55. The standard InChI is InChI=1S/C22H22N6/c1-16-13-19(28-11-2-8-26-28)4-3-18(16)14-27-12-7-20-21(25-15-24-20)22(27)17-5-9-23-10-6-17/h2-6,8-11,13,15,22H,7,12,14H2,1H3,(H,24,25). The van der Waals surface area contributed by atoms with Crippen molar-refractivity contribution in [2.45, 2.75) is 25.9 Å². The number of imidazole rings is 1. The van der Waals surface area contributed by atoms with Gasteiger partial charge in [-0.3, -0.25) is 9.88 Å². The van der Waals surface area contributed by atoms with E-state index >= 15 is 0 Å². The van der Waals surface area contributed by atoms with Crippen LogP contribution in [0, 0.1) is 6.92 Å². The zero-order valence-electron chi connectivity index (χ0n) is 15.8. The molecule has 1 aliphatic rings. The first-order chi connectivity index (χ1) is 13.8. The Hall–Kier alpha value is -3.25. The molecule has 1 atom stereocenters. The normalized spacial score (nSPS) is 16.8. The number of H-pyrrole nitrogens is 1. The molecule has 0 bridgehead atoms. The zero-order chi connectivity index (χ0) is 18.9. The monoisotopic (exact) mass is 370 g/mol. The van der Waals surface area contributed by atoms with Gasteiger partial charge in [0.2, 0.25) is 0 Å². The first-order valence-corrected chi connectivity index (χ1v) is 9.55. The van der Waals surface area contributed by atoms with Crippen LogP contribution in [0.4, 0.5) is 0 Å². The van der Waals surface area contributed by atoms with Crippen LogP contribution in [0.5, 0.6) is 0 Å². The van der Waals surface area contributed by atoms with Crippen LogP contribution in [-0.2, 0) is 13.0 Å². The Morgan fingerprint density at radius 1 is 1.14 bits per heavy atom. The lowest BCUT2D eigenvalue weighted by Gasteiger charge is -2.35. The third-order valence-corrected chi connectivity index (χ3v) is 5.52. The van der Waals surface area contributed by atoms with Crippen molar-refractivity contribution in [3.05, 3.63) is 95.6 Å². The summed E-state index contributed by atoms with van der Waals surface area (Å²) in [6.07, 6.45) is 10.3. The van der Waals surface area contributed by atoms with Gasteiger partial charge in [0.05, 0.1) is 23.8 Å². The molecule has 5 rings (SSSR count). The summed E-state index contributed by atoms with van der Waals surface area (Å²) in [6.45, 7) is 4.04. The molecule has 1 unspecified atom stereocenters. The average Bonchev–Trinajstić information content (AvgIpc) is 3.42. The number of aryl methyl sites for hydroxylation is 1. The van der Waals surface area contributed by atoms with E-state index in [4.69, 9.17) is 0 Å². The van der Waals surface area contributed by atoms with Crippen LogP contribution in [0.15, 0.2) is 67.5 Å². The van der Waals surface area contributed by atoms with Gasteiger partial charge in [0.15, 0.2) is 0 Å². The van der Waals surface area contributed by atoms with Crippen molar-refractivity contribution in [3.8, 4) is 5.69 Å². The highest BCUT2D eigenvalue weighted by molar-refractivity contribution is 5.40. The van der Waals surface area contributed by atoms with Crippen LogP contribution < -0.4 is 0 Å². The lowest BCUT2D eigenvalue weighted by atomic mass is 9.95. The molecule has 6 nitrogen and oxygen atoms in total. The van der Waals surface area contributed by atoms with Gasteiger partial charge in [-0.25, -0.2) is 9.67 Å². The molecule has 3 aromatic heterocycles. The van der Waals surface area contributed by atoms with Gasteiger partial charge in [-0.15, -0.1) is 0 Å². The van der Waals surface area contributed by atoms with Crippen molar-refractivity contribution in [1.29, 1.82) is 0 Å². The lowest BCUT2D eigenvalue weighted by Crippen LogP contribution is -2.36. The summed E-state index contributed by atoms with van der Waals surface area (Å²) in [5.41, 5.74) is 7.29. The van der Waals surface area contributed by atoms with E-state index in [9.17, 15) is 0 Å². The molecule has 4 heterocycles. The molecule has 1 N–H and O–H groups in total. The van der Waals surface area contributed by atoms with Crippen molar-refractivity contribution in [3.63, 3.8) is 0 Å². The minimum atomic E-state index is 0.142. The molecule has 4 aromatic rings. The molecular formula is C22H22N6. The maximum Gasteiger partial charge on any atom is 0.0926 e. The first kappa shape index (κ1) is 16.9. The van der Waals surface area contributed by atoms with Crippen molar-refractivity contribution >= 4 is 0 Å². The van der Waals surface area contributed by atoms with Gasteiger partial charge < -0.3 is 4.98 Å². The fourth-order valence-corrected chi connectivity index (χ4v) is 4.05. The molecule has 28 heavy (non-hydrogen) atoms. The minimum absolute atomic E-state index is 0.142. The Morgan fingerprint density at radius 3 is 2.82 bits per heavy atom. The van der Waals surface area contributed by atoms with Crippen LogP contribution in [0.1, 0.15) is 34.1 Å². The molecule has 0 spiro atoms. The summed E-state index contributed by atoms with van der Waals surface area (Å²) in [5.74, 6) is 0. The van der Waals surface area contributed by atoms with Crippen LogP contribution in [0.25, 0.3) is 5.69 Å². The number of fused-ring (bicyclic) bond motifs is 1. The molecule has 0 radical (unpaired) electrons. The van der Waals surface area contributed by atoms with Crippen molar-refractivity contribution in [1.82, 2.24) is 29.6 Å². The number of rotatable bonds is 4. The van der Waals surface area contributed by atoms with Gasteiger partial charge in [0.1, 0.15) is 0 Å². The van der Waals surface area contributed by atoms with E-state index in [2.05, 4.69) is 62.2 Å². The topological polar surface area (TPSA) is 62.6 Å². The summed E-state index contributed by atoms with van der Waals surface area (Å²) < 4.78 is 1.90. The molecule has 0 saturated carbocycles. The van der Waals surface area contributed by atoms with Crippen LogP contribution in [0.2, 0.25) is 0 Å². The maximum absolute atomic E-state index is 4.65. The Bertz CT molecular complexity index is 1070. The fraction of sp³-hybridized carbons (Fsp3) is 0.227. The predicted molar refractivity (Wildman–Crippen MR) is 107 cm³/mol. The fourth-order valence-electron chi connectivity index (χ4n) is 4.05. The Kier molecular flexibility index (Phi) is 4.25. The number of hydrogen-bond donors (Lipinski definition) is 1. The highest BCUT2D eigenvalue weighted by Gasteiger charge is 2.31. The Morgan fingerprint density at radius 2 is 2.04 bits per heavy atom. The second-order valence-corrected chi connectivity index (χ2v) is 7.23. The number of aromatic amines is 1. The van der Waals surface area contributed by atoms with Gasteiger partial charge in [0, 0.05) is 50.0 Å². The van der Waals surface area contributed by atoms with Gasteiger partial charge in [-0.2, -0.15) is 5.10 Å². The van der Waals surface area contributed by atoms with Crippen molar-refractivity contribution in [2.75, 3.05) is 6.54 Å². The van der Waals surface area contributed by atoms with E-state index < -0.39 is 0 Å². The number of hydrogen-bond acceptors (Lipinski definition) is 4. The second-order valence-electron chi connectivity index (χ2n) is 7.23. The summed E-state index contributed by atoms with van der Waals surface area (Å²) in [5, 5.41) is 4.33. The number of benzene rings is 1. The maximum atomic E-state index is 4.65. The molecule has 6 heteroatoms. The Balaban J connectivity index is 1.47. The quantitative estimate of drug-likeness (QED) is 0.598. The molecule has 1 aromatic carbocycles. The predicted octanol–water partition coefficient (Wildman–Crippen LogP) is 3.45. The van der Waals surface area contributed by atoms with E-state index in [0.717, 1.165) is 30.9 Å². The number of aromatic nitrogens is 5. The van der Waals surface area contributed by atoms with E-state index in [1.165, 1.54) is 22.4 Å². The van der Waals surface area contributed by atoms with E-state index in [0.29, 0.717) is 0 Å². The lowest BCUT2D eigenvalue weighted by molar-refractivity contribution is 0.200. The molecule has 0 saturated heterocycles. The van der Waals surface area contributed by atoms with Gasteiger partial charge in [-0.05, 0) is 53.9 Å². The molecule has 1 aliphatic heterocycles. The highest BCUT2D eigenvalue weighted by Crippen LogP contribution is 2.34. The third-order valence-electron chi connectivity index (χ3n) is 5.52. The van der Waals surface area contributed by atoms with E-state index in [1.807, 2.05) is 35.7 Å². The number of nitrogens with one attached hydrogen (secondary N) is 1. The summed E-state index contributed by atoms with van der Waals surface area (Å²) in [6, 6.07) is 12.8. The highest BCUT2D eigenvalue weighted by atomic mass is 15.3. The van der Waals surface area contributed by atoms with Gasteiger partial charge in [-0.1, -0.05) is 6.07 Å². The summed E-state index contributed by atoms with van der Waals surface area (Å²) in [4.78, 5) is 14.7. The number of nitrogens with zero attached hydrogens (tertiary/aromatic N) is 5. The molecular weight excluding hydrogens is 348 g/mol. The van der Waals surface area contributed by atoms with Crippen molar-refractivity contribution < 1.29 is 0 Å². The SMILES string of the molecule is Cc1cc(-n2cccn2)ccc1CN1CCc2[nH]cnc2C1c1ccncc1. The number of pyridine rings is 1. The molecule has 0 amide bonds. The van der Waals surface area contributed by atoms with E-state index in [1.54, 1.807) is 6.20 Å². The molecule has 0 fully saturated rings. The van der Waals surface area contributed by atoms with Gasteiger partial charge in [0.25, 0.3) is 0 Å².